The summed E-state index contributed by atoms with van der Waals surface area (Å²) in [7, 11) is 0. The van der Waals surface area contributed by atoms with Gasteiger partial charge in [0.2, 0.25) is 0 Å². The minimum Gasteiger partial charge on any atom is -0.246 e. The molecule has 3 aromatic heterocycles. The van der Waals surface area contributed by atoms with E-state index in [1.807, 2.05) is 72.0 Å². The van der Waals surface area contributed by atoms with Gasteiger partial charge in [0.15, 0.2) is 17.5 Å². The van der Waals surface area contributed by atoms with Crippen molar-refractivity contribution in [3.63, 3.8) is 0 Å². The molecule has 0 saturated carbocycles. The van der Waals surface area contributed by atoms with Crippen molar-refractivity contribution in [2.45, 2.75) is 0 Å². The van der Waals surface area contributed by atoms with E-state index in [-0.39, 0.29) is 0 Å². The first-order chi connectivity index (χ1) is 29.2. The second-order valence-corrected chi connectivity index (χ2v) is 16.0. The first-order valence-electron chi connectivity index (χ1n) is 19.8. The number of hydrogen-bond donors (Lipinski definition) is 0. The average molecular weight is 769 g/mol. The Labute approximate surface area is 343 Å². The predicted octanol–water partition coefficient (Wildman–Crippen LogP) is 14.6. The molecule has 0 amide bonds. The maximum absolute atomic E-state index is 5.67. The molecule has 274 valence electrons. The topological polar surface area (TPSA) is 51.6 Å². The van der Waals surface area contributed by atoms with Crippen LogP contribution in [0.5, 0.6) is 0 Å². The van der Waals surface area contributed by atoms with Gasteiger partial charge in [0.1, 0.15) is 0 Å². The molecule has 0 N–H and O–H groups in total. The summed E-state index contributed by atoms with van der Waals surface area (Å²) in [5.74, 6) is 1.92. The molecule has 3 heterocycles. The number of fused-ring (bicyclic) bond motifs is 11. The van der Waals surface area contributed by atoms with E-state index in [1.54, 1.807) is 0 Å². The second-order valence-electron chi connectivity index (χ2n) is 14.9. The van der Waals surface area contributed by atoms with Crippen LogP contribution >= 0.6 is 11.3 Å². The Kier molecular flexibility index (Phi) is 7.68. The SMILES string of the molecule is c1ccc(-c2nc(-c3ccccc3)nc(-c3ccc(-c4cccc5c4nc(-c4ccc6c7ccccc7c7ccccc7c6c4)c4c6ccccc6sc54)cc3)n2)cc1. The van der Waals surface area contributed by atoms with E-state index in [1.165, 1.54) is 52.5 Å². The molecule has 0 fully saturated rings. The third kappa shape index (κ3) is 5.51. The Morgan fingerprint density at radius 2 is 0.763 bits per heavy atom. The molecule has 4 nitrogen and oxygen atoms in total. The average Bonchev–Trinajstić information content (AvgIpc) is 3.72. The fraction of sp³-hybridized carbons (Fsp3) is 0. The molecule has 0 bridgehead atoms. The highest BCUT2D eigenvalue weighted by Crippen LogP contribution is 2.46. The van der Waals surface area contributed by atoms with Crippen molar-refractivity contribution in [2.24, 2.45) is 0 Å². The summed E-state index contributed by atoms with van der Waals surface area (Å²) in [6.07, 6.45) is 0. The molecule has 12 rings (SSSR count). The van der Waals surface area contributed by atoms with Crippen molar-refractivity contribution in [1.82, 2.24) is 19.9 Å². The summed E-state index contributed by atoms with van der Waals surface area (Å²) in [5, 5.41) is 11.1. The van der Waals surface area contributed by atoms with E-state index >= 15 is 0 Å². The van der Waals surface area contributed by atoms with Crippen molar-refractivity contribution in [1.29, 1.82) is 0 Å². The largest absolute Gasteiger partial charge is 0.246 e. The van der Waals surface area contributed by atoms with Crippen LogP contribution in [0.4, 0.5) is 0 Å². The van der Waals surface area contributed by atoms with Crippen LogP contribution in [0.3, 0.4) is 0 Å². The molecule has 12 aromatic rings. The van der Waals surface area contributed by atoms with E-state index in [2.05, 4.69) is 133 Å². The van der Waals surface area contributed by atoms with Gasteiger partial charge in [-0.05, 0) is 50.0 Å². The van der Waals surface area contributed by atoms with Crippen LogP contribution in [0.1, 0.15) is 0 Å². The number of pyridine rings is 1. The van der Waals surface area contributed by atoms with E-state index in [4.69, 9.17) is 19.9 Å². The van der Waals surface area contributed by atoms with Crippen molar-refractivity contribution in [3.05, 3.63) is 194 Å². The molecule has 0 saturated heterocycles. The number of hydrogen-bond acceptors (Lipinski definition) is 5. The molecule has 0 unspecified atom stereocenters. The smallest absolute Gasteiger partial charge is 0.164 e. The van der Waals surface area contributed by atoms with Gasteiger partial charge in [-0.25, -0.2) is 19.9 Å². The molecule has 0 aliphatic rings. The highest BCUT2D eigenvalue weighted by molar-refractivity contribution is 7.26. The van der Waals surface area contributed by atoms with Gasteiger partial charge in [0, 0.05) is 53.4 Å². The molecular formula is C54H32N4S. The fourth-order valence-electron chi connectivity index (χ4n) is 8.72. The van der Waals surface area contributed by atoms with Gasteiger partial charge >= 0.3 is 0 Å². The van der Waals surface area contributed by atoms with Gasteiger partial charge in [0.25, 0.3) is 0 Å². The molecule has 5 heteroatoms. The standard InChI is InChI=1S/C54H32N4S/c1-3-14-34(15-4-1)52-56-53(35-16-5-2-6-17-35)58-54(57-52)36-28-26-33(27-29-36)38-23-13-24-45-50(38)55-49(48-44-22-11-12-25-47(44)59-51(45)48)37-30-31-43-41-20-8-7-18-39(41)40-19-9-10-21-42(40)46(43)32-37/h1-32H. The van der Waals surface area contributed by atoms with Gasteiger partial charge < -0.3 is 0 Å². The van der Waals surface area contributed by atoms with Crippen LogP contribution in [0.15, 0.2) is 194 Å². The lowest BCUT2D eigenvalue weighted by Gasteiger charge is -2.14. The summed E-state index contributed by atoms with van der Waals surface area (Å²) in [4.78, 5) is 20.5. The molecule has 0 aliphatic carbocycles. The van der Waals surface area contributed by atoms with E-state index < -0.39 is 0 Å². The molecule has 0 radical (unpaired) electrons. The van der Waals surface area contributed by atoms with Gasteiger partial charge in [0.05, 0.1) is 11.2 Å². The van der Waals surface area contributed by atoms with E-state index in [9.17, 15) is 0 Å². The highest BCUT2D eigenvalue weighted by atomic mass is 32.1. The predicted molar refractivity (Wildman–Crippen MR) is 248 cm³/mol. The molecule has 0 spiro atoms. The zero-order valence-corrected chi connectivity index (χ0v) is 32.5. The Hall–Kier alpha value is -7.60. The number of nitrogens with zero attached hydrogens (tertiary/aromatic N) is 4. The Morgan fingerprint density at radius 1 is 0.305 bits per heavy atom. The van der Waals surface area contributed by atoms with Crippen LogP contribution in [0.25, 0.3) is 120 Å². The van der Waals surface area contributed by atoms with Crippen molar-refractivity contribution < 1.29 is 0 Å². The first-order valence-corrected chi connectivity index (χ1v) is 20.6. The summed E-state index contributed by atoms with van der Waals surface area (Å²) in [6.45, 7) is 0. The van der Waals surface area contributed by atoms with Crippen molar-refractivity contribution in [2.75, 3.05) is 0 Å². The molecular weight excluding hydrogens is 737 g/mol. The molecule has 0 aliphatic heterocycles. The summed E-state index contributed by atoms with van der Waals surface area (Å²) >= 11 is 1.85. The van der Waals surface area contributed by atoms with Crippen LogP contribution in [-0.4, -0.2) is 19.9 Å². The lowest BCUT2D eigenvalue weighted by atomic mass is 9.92. The number of rotatable bonds is 5. The van der Waals surface area contributed by atoms with Crippen LogP contribution in [0.2, 0.25) is 0 Å². The summed E-state index contributed by atoms with van der Waals surface area (Å²) in [6, 6.07) is 68.5. The molecule has 9 aromatic carbocycles. The van der Waals surface area contributed by atoms with Gasteiger partial charge in [-0.2, -0.15) is 0 Å². The zero-order valence-electron chi connectivity index (χ0n) is 31.7. The zero-order chi connectivity index (χ0) is 38.9. The van der Waals surface area contributed by atoms with Gasteiger partial charge in [-0.1, -0.05) is 182 Å². The molecule has 59 heavy (non-hydrogen) atoms. The minimum absolute atomic E-state index is 0.631. The number of thiophene rings is 1. The lowest BCUT2D eigenvalue weighted by Crippen LogP contribution is -2.00. The summed E-state index contributed by atoms with van der Waals surface area (Å²) in [5.41, 5.74) is 8.06. The quantitative estimate of drug-likeness (QED) is 0.164. The molecule has 0 atom stereocenters. The third-order valence-corrected chi connectivity index (χ3v) is 12.7. The third-order valence-electron chi connectivity index (χ3n) is 11.5. The van der Waals surface area contributed by atoms with Crippen LogP contribution in [0, 0.1) is 0 Å². The monoisotopic (exact) mass is 768 g/mol. The van der Waals surface area contributed by atoms with Gasteiger partial charge in [-0.15, -0.1) is 11.3 Å². The second kappa shape index (κ2) is 13.5. The Morgan fingerprint density at radius 3 is 1.37 bits per heavy atom. The highest BCUT2D eigenvalue weighted by Gasteiger charge is 2.20. The van der Waals surface area contributed by atoms with E-state index in [0.29, 0.717) is 17.5 Å². The fourth-order valence-corrected chi connectivity index (χ4v) is 9.95. The van der Waals surface area contributed by atoms with Crippen molar-refractivity contribution in [3.8, 4) is 56.5 Å². The van der Waals surface area contributed by atoms with Crippen molar-refractivity contribution >= 4 is 74.7 Å². The number of para-hydroxylation sites is 1. The lowest BCUT2D eigenvalue weighted by molar-refractivity contribution is 1.07. The number of benzene rings is 9. The Bertz CT molecular complexity index is 3500. The minimum atomic E-state index is 0.631. The normalized spacial score (nSPS) is 11.7. The van der Waals surface area contributed by atoms with Gasteiger partial charge in [-0.3, -0.25) is 0 Å². The first kappa shape index (κ1) is 33.5. The maximum Gasteiger partial charge on any atom is 0.164 e. The number of aromatic nitrogens is 4. The maximum atomic E-state index is 5.67. The van der Waals surface area contributed by atoms with Crippen LogP contribution in [-0.2, 0) is 0 Å². The van der Waals surface area contributed by atoms with E-state index in [0.717, 1.165) is 50.0 Å². The Balaban J connectivity index is 1.05. The summed E-state index contributed by atoms with van der Waals surface area (Å²) < 4.78 is 2.51. The van der Waals surface area contributed by atoms with Crippen LogP contribution < -0.4 is 0 Å².